The van der Waals surface area contributed by atoms with Gasteiger partial charge in [0.15, 0.2) is 5.76 Å². The van der Waals surface area contributed by atoms with Crippen molar-refractivity contribution in [3.8, 4) is 11.5 Å². The zero-order chi connectivity index (χ0) is 20.5. The molecule has 0 amide bonds. The largest absolute Gasteiger partial charge is 0.452 e. The first-order valence-electron chi connectivity index (χ1n) is 9.36. The summed E-state index contributed by atoms with van der Waals surface area (Å²) in [5, 5.41) is 0. The highest BCUT2D eigenvalue weighted by molar-refractivity contribution is 6.15. The van der Waals surface area contributed by atoms with Crippen LogP contribution in [0.5, 0.6) is 11.5 Å². The molecule has 29 heavy (non-hydrogen) atoms. The van der Waals surface area contributed by atoms with Crippen molar-refractivity contribution in [2.45, 2.75) is 20.8 Å². The van der Waals surface area contributed by atoms with E-state index in [0.29, 0.717) is 28.2 Å². The summed E-state index contributed by atoms with van der Waals surface area (Å²) in [6.45, 7) is 5.64. The van der Waals surface area contributed by atoms with Crippen LogP contribution in [0.2, 0.25) is 0 Å². The Morgan fingerprint density at radius 1 is 0.931 bits per heavy atom. The number of ketones is 1. The zero-order valence-corrected chi connectivity index (χ0v) is 16.5. The summed E-state index contributed by atoms with van der Waals surface area (Å²) in [6.07, 6.45) is 1.72. The fourth-order valence-electron chi connectivity index (χ4n) is 3.25. The number of hydrogen-bond acceptors (Lipinski definition) is 4. The van der Waals surface area contributed by atoms with Crippen molar-refractivity contribution in [1.29, 1.82) is 0 Å². The van der Waals surface area contributed by atoms with Gasteiger partial charge in [-0.3, -0.25) is 4.79 Å². The average molecular weight is 384 g/mol. The van der Waals surface area contributed by atoms with Crippen LogP contribution in [0.4, 0.5) is 0 Å². The second-order valence-electron chi connectivity index (χ2n) is 7.12. The molecule has 0 N–H and O–H groups in total. The van der Waals surface area contributed by atoms with Gasteiger partial charge in [-0.2, -0.15) is 0 Å². The van der Waals surface area contributed by atoms with Crippen LogP contribution in [-0.4, -0.2) is 11.8 Å². The number of aryl methyl sites for hydroxylation is 2. The number of carbonyl (C=O) groups excluding carboxylic acids is 2. The van der Waals surface area contributed by atoms with Gasteiger partial charge < -0.3 is 9.47 Å². The number of esters is 1. The summed E-state index contributed by atoms with van der Waals surface area (Å²) in [6, 6.07) is 18.4. The van der Waals surface area contributed by atoms with E-state index in [2.05, 4.69) is 0 Å². The second kappa shape index (κ2) is 7.40. The van der Waals surface area contributed by atoms with Gasteiger partial charge in [0.1, 0.15) is 11.5 Å². The molecule has 0 saturated carbocycles. The van der Waals surface area contributed by atoms with Crippen molar-refractivity contribution in [2.75, 3.05) is 0 Å². The van der Waals surface area contributed by atoms with Crippen molar-refractivity contribution in [3.05, 3.63) is 99.8 Å². The molecule has 3 aromatic rings. The first-order valence-corrected chi connectivity index (χ1v) is 9.36. The molecule has 0 unspecified atom stereocenters. The number of allylic oxidation sites excluding steroid dienone is 1. The quantitative estimate of drug-likeness (QED) is 0.342. The first kappa shape index (κ1) is 18.7. The fourth-order valence-corrected chi connectivity index (χ4v) is 3.25. The third-order valence-corrected chi connectivity index (χ3v) is 4.98. The van der Waals surface area contributed by atoms with Crippen molar-refractivity contribution in [1.82, 2.24) is 0 Å². The molecule has 1 aliphatic heterocycles. The highest BCUT2D eigenvalue weighted by atomic mass is 16.5. The molecule has 0 spiro atoms. The van der Waals surface area contributed by atoms with E-state index in [1.54, 1.807) is 37.3 Å². The molecule has 0 bridgehead atoms. The Bertz CT molecular complexity index is 1150. The third kappa shape index (κ3) is 3.57. The maximum Gasteiger partial charge on any atom is 0.343 e. The molecule has 4 nitrogen and oxygen atoms in total. The number of hydrogen-bond donors (Lipinski definition) is 0. The van der Waals surface area contributed by atoms with Gasteiger partial charge in [0, 0.05) is 5.56 Å². The smallest absolute Gasteiger partial charge is 0.343 e. The Morgan fingerprint density at radius 2 is 1.66 bits per heavy atom. The molecule has 0 aliphatic carbocycles. The zero-order valence-electron chi connectivity index (χ0n) is 16.5. The molecule has 0 atom stereocenters. The monoisotopic (exact) mass is 384 g/mol. The third-order valence-electron chi connectivity index (χ3n) is 4.98. The van der Waals surface area contributed by atoms with Crippen molar-refractivity contribution in [3.63, 3.8) is 0 Å². The lowest BCUT2D eigenvalue weighted by molar-refractivity contribution is 0.0732. The predicted molar refractivity (Wildman–Crippen MR) is 111 cm³/mol. The highest BCUT2D eigenvalue weighted by Gasteiger charge is 2.30. The van der Waals surface area contributed by atoms with Gasteiger partial charge in [-0.05, 0) is 56.2 Å². The van der Waals surface area contributed by atoms with Gasteiger partial charge in [0.05, 0.1) is 11.1 Å². The lowest BCUT2D eigenvalue weighted by atomic mass is 10.1. The molecular formula is C25H20O4. The molecular weight excluding hydrogens is 364 g/mol. The normalized spacial score (nSPS) is 13.9. The number of benzene rings is 3. The molecule has 4 heteroatoms. The molecule has 0 fully saturated rings. The second-order valence-corrected chi connectivity index (χ2v) is 7.12. The van der Waals surface area contributed by atoms with Gasteiger partial charge >= 0.3 is 5.97 Å². The highest BCUT2D eigenvalue weighted by Crippen LogP contribution is 2.39. The Hall–Kier alpha value is -3.66. The summed E-state index contributed by atoms with van der Waals surface area (Å²) in [5.74, 6) is 0.450. The van der Waals surface area contributed by atoms with Crippen LogP contribution in [0, 0.1) is 20.8 Å². The van der Waals surface area contributed by atoms with Crippen molar-refractivity contribution >= 4 is 17.8 Å². The minimum absolute atomic E-state index is 0.180. The van der Waals surface area contributed by atoms with Gasteiger partial charge in [0.2, 0.25) is 5.78 Å². The number of rotatable bonds is 3. The fraction of sp³-hybridized carbons (Fsp3) is 0.120. The molecule has 3 aromatic carbocycles. The maximum absolute atomic E-state index is 12.7. The van der Waals surface area contributed by atoms with E-state index in [1.165, 1.54) is 0 Å². The van der Waals surface area contributed by atoms with E-state index in [4.69, 9.17) is 9.47 Å². The minimum atomic E-state index is -0.439. The summed E-state index contributed by atoms with van der Waals surface area (Å²) in [7, 11) is 0. The number of ether oxygens (including phenoxy) is 2. The van der Waals surface area contributed by atoms with Crippen LogP contribution in [0.1, 0.15) is 43.0 Å². The molecule has 144 valence electrons. The van der Waals surface area contributed by atoms with E-state index in [1.807, 2.05) is 50.2 Å². The van der Waals surface area contributed by atoms with E-state index < -0.39 is 5.97 Å². The molecule has 4 rings (SSSR count). The van der Waals surface area contributed by atoms with E-state index in [9.17, 15) is 9.59 Å². The first-order chi connectivity index (χ1) is 13.9. The van der Waals surface area contributed by atoms with Crippen LogP contribution in [0.15, 0.2) is 66.4 Å². The predicted octanol–water partition coefficient (Wildman–Crippen LogP) is 5.45. The molecule has 0 aromatic heterocycles. The minimum Gasteiger partial charge on any atom is -0.452 e. The van der Waals surface area contributed by atoms with Gasteiger partial charge in [-0.15, -0.1) is 0 Å². The van der Waals surface area contributed by atoms with E-state index >= 15 is 0 Å². The standard InChI is InChI=1S/C25H20O4/c1-15-8-10-18(11-9-15)14-22-23(26)20-12-13-21(17(3)24(20)28-22)29-25(27)19-7-5-4-6-16(19)2/h4-14H,1-3H3/b22-14-. The topological polar surface area (TPSA) is 52.6 Å². The SMILES string of the molecule is Cc1ccc(/C=C2\Oc3c(ccc(OC(=O)c4ccccc4C)c3C)C2=O)cc1. The van der Waals surface area contributed by atoms with Crippen molar-refractivity contribution < 1.29 is 19.1 Å². The lowest BCUT2D eigenvalue weighted by Gasteiger charge is -2.11. The van der Waals surface area contributed by atoms with Gasteiger partial charge in [-0.25, -0.2) is 4.79 Å². The number of carbonyl (C=O) groups is 2. The number of fused-ring (bicyclic) bond motifs is 1. The van der Waals surface area contributed by atoms with Gasteiger partial charge in [-0.1, -0.05) is 48.0 Å². The summed E-state index contributed by atoms with van der Waals surface area (Å²) < 4.78 is 11.4. The van der Waals surface area contributed by atoms with Crippen LogP contribution in [0.3, 0.4) is 0 Å². The summed E-state index contributed by atoms with van der Waals surface area (Å²) in [5.41, 5.74) is 4.46. The van der Waals surface area contributed by atoms with Gasteiger partial charge in [0.25, 0.3) is 0 Å². The van der Waals surface area contributed by atoms with Crippen LogP contribution in [0.25, 0.3) is 6.08 Å². The summed E-state index contributed by atoms with van der Waals surface area (Å²) in [4.78, 5) is 25.3. The van der Waals surface area contributed by atoms with Crippen molar-refractivity contribution in [2.24, 2.45) is 0 Å². The molecule has 0 saturated heterocycles. The average Bonchev–Trinajstić information content (AvgIpc) is 3.02. The Labute approximate surface area is 169 Å². The molecule has 0 radical (unpaired) electrons. The lowest BCUT2D eigenvalue weighted by Crippen LogP contribution is -2.11. The Kier molecular flexibility index (Phi) is 4.77. The Balaban J connectivity index is 1.62. The maximum atomic E-state index is 12.7. The van der Waals surface area contributed by atoms with Crippen LogP contribution < -0.4 is 9.47 Å². The Morgan fingerprint density at radius 3 is 2.38 bits per heavy atom. The summed E-state index contributed by atoms with van der Waals surface area (Å²) >= 11 is 0. The molecule has 1 aliphatic rings. The van der Waals surface area contributed by atoms with E-state index in [0.717, 1.165) is 16.7 Å². The molecule has 1 heterocycles. The van der Waals surface area contributed by atoms with Crippen LogP contribution >= 0.6 is 0 Å². The van der Waals surface area contributed by atoms with E-state index in [-0.39, 0.29) is 11.5 Å². The van der Waals surface area contributed by atoms with Crippen LogP contribution in [-0.2, 0) is 0 Å². The number of Topliss-reactive ketones (excluding diaryl/α,β-unsaturated/α-hetero) is 1.